The van der Waals surface area contributed by atoms with E-state index >= 15 is 0 Å². The van der Waals surface area contributed by atoms with Gasteiger partial charge in [-0.1, -0.05) is 0 Å². The first-order valence-electron chi connectivity index (χ1n) is 4.40. The standard InChI is InChI=1S/C8H16N2OS/c9-4-6-12-5-3-8(11)10-7-1-2-7/h7H,1-6,9H2,(H,10,11). The summed E-state index contributed by atoms with van der Waals surface area (Å²) in [6.07, 6.45) is 2.98. The monoisotopic (exact) mass is 188 g/mol. The molecule has 0 spiro atoms. The predicted molar refractivity (Wildman–Crippen MR) is 52.2 cm³/mol. The summed E-state index contributed by atoms with van der Waals surface area (Å²) in [5, 5.41) is 2.95. The molecule has 0 atom stereocenters. The molecular weight excluding hydrogens is 172 g/mol. The zero-order valence-electron chi connectivity index (χ0n) is 7.21. The van der Waals surface area contributed by atoms with Gasteiger partial charge in [0.05, 0.1) is 0 Å². The fourth-order valence-corrected chi connectivity index (χ4v) is 1.58. The van der Waals surface area contributed by atoms with Crippen LogP contribution in [0, 0.1) is 0 Å². The first kappa shape index (κ1) is 9.86. The van der Waals surface area contributed by atoms with Gasteiger partial charge in [0.25, 0.3) is 0 Å². The van der Waals surface area contributed by atoms with Gasteiger partial charge in [0.1, 0.15) is 0 Å². The molecule has 1 rings (SSSR count). The molecule has 1 saturated carbocycles. The average molecular weight is 188 g/mol. The number of amides is 1. The molecule has 0 heterocycles. The van der Waals surface area contributed by atoms with Crippen molar-refractivity contribution in [2.24, 2.45) is 5.73 Å². The maximum absolute atomic E-state index is 11.1. The molecule has 1 aliphatic rings. The molecule has 0 unspecified atom stereocenters. The highest BCUT2D eigenvalue weighted by molar-refractivity contribution is 7.99. The van der Waals surface area contributed by atoms with Gasteiger partial charge in [-0.05, 0) is 12.8 Å². The lowest BCUT2D eigenvalue weighted by Gasteiger charge is -2.01. The third-order valence-electron chi connectivity index (χ3n) is 1.68. The number of nitrogens with two attached hydrogens (primary N) is 1. The van der Waals surface area contributed by atoms with E-state index in [1.807, 2.05) is 0 Å². The molecule has 0 radical (unpaired) electrons. The van der Waals surface area contributed by atoms with Crippen LogP contribution in [0.2, 0.25) is 0 Å². The number of nitrogens with one attached hydrogen (secondary N) is 1. The van der Waals surface area contributed by atoms with Crippen LogP contribution in [0.25, 0.3) is 0 Å². The van der Waals surface area contributed by atoms with Gasteiger partial charge in [-0.25, -0.2) is 0 Å². The molecule has 0 aromatic heterocycles. The van der Waals surface area contributed by atoms with Gasteiger partial charge in [0.15, 0.2) is 0 Å². The Balaban J connectivity index is 1.87. The van der Waals surface area contributed by atoms with Gasteiger partial charge in [-0.15, -0.1) is 0 Å². The Bertz CT molecular complexity index is 148. The largest absolute Gasteiger partial charge is 0.353 e. The molecule has 1 fully saturated rings. The lowest BCUT2D eigenvalue weighted by molar-refractivity contribution is -0.120. The molecule has 70 valence electrons. The van der Waals surface area contributed by atoms with Crippen molar-refractivity contribution in [2.45, 2.75) is 25.3 Å². The molecule has 1 aliphatic carbocycles. The van der Waals surface area contributed by atoms with Crippen LogP contribution >= 0.6 is 11.8 Å². The van der Waals surface area contributed by atoms with Gasteiger partial charge in [-0.3, -0.25) is 4.79 Å². The molecule has 0 aromatic rings. The first-order valence-corrected chi connectivity index (χ1v) is 5.55. The molecule has 0 aromatic carbocycles. The summed E-state index contributed by atoms with van der Waals surface area (Å²) in [4.78, 5) is 11.1. The van der Waals surface area contributed by atoms with Crippen LogP contribution in [0.3, 0.4) is 0 Å². The van der Waals surface area contributed by atoms with Crippen LogP contribution in [0.4, 0.5) is 0 Å². The molecule has 0 saturated heterocycles. The average Bonchev–Trinajstić information content (AvgIpc) is 2.82. The van der Waals surface area contributed by atoms with Crippen LogP contribution in [0.5, 0.6) is 0 Å². The van der Waals surface area contributed by atoms with E-state index in [-0.39, 0.29) is 5.91 Å². The molecule has 0 bridgehead atoms. The summed E-state index contributed by atoms with van der Waals surface area (Å²) in [5.74, 6) is 2.05. The molecule has 4 heteroatoms. The highest BCUT2D eigenvalue weighted by Gasteiger charge is 2.22. The smallest absolute Gasteiger partial charge is 0.221 e. The van der Waals surface area contributed by atoms with Crippen LogP contribution in [-0.4, -0.2) is 30.0 Å². The van der Waals surface area contributed by atoms with Crippen molar-refractivity contribution in [2.75, 3.05) is 18.1 Å². The molecular formula is C8H16N2OS. The minimum atomic E-state index is 0.196. The first-order chi connectivity index (χ1) is 5.83. The second-order valence-corrected chi connectivity index (χ2v) is 4.22. The highest BCUT2D eigenvalue weighted by Crippen LogP contribution is 2.18. The van der Waals surface area contributed by atoms with Crippen molar-refractivity contribution in [1.29, 1.82) is 0 Å². The van der Waals surface area contributed by atoms with Gasteiger partial charge in [0.2, 0.25) is 5.91 Å². The Morgan fingerprint density at radius 1 is 1.50 bits per heavy atom. The maximum atomic E-state index is 11.1. The van der Waals surface area contributed by atoms with Crippen LogP contribution in [0.15, 0.2) is 0 Å². The zero-order valence-corrected chi connectivity index (χ0v) is 8.03. The van der Waals surface area contributed by atoms with Gasteiger partial charge in [-0.2, -0.15) is 11.8 Å². The molecule has 3 N–H and O–H groups in total. The van der Waals surface area contributed by atoms with Crippen LogP contribution in [-0.2, 0) is 4.79 Å². The Kier molecular flexibility index (Phi) is 4.46. The Morgan fingerprint density at radius 3 is 2.83 bits per heavy atom. The Morgan fingerprint density at radius 2 is 2.25 bits per heavy atom. The minimum absolute atomic E-state index is 0.196. The second kappa shape index (κ2) is 5.43. The summed E-state index contributed by atoms with van der Waals surface area (Å²) in [6, 6.07) is 0.497. The van der Waals surface area contributed by atoms with Crippen LogP contribution in [0.1, 0.15) is 19.3 Å². The van der Waals surface area contributed by atoms with E-state index in [0.717, 1.165) is 11.5 Å². The predicted octanol–water partition coefficient (Wildman–Crippen LogP) is 0.347. The van der Waals surface area contributed by atoms with E-state index in [2.05, 4.69) is 5.32 Å². The van der Waals surface area contributed by atoms with E-state index in [1.54, 1.807) is 11.8 Å². The number of rotatable bonds is 6. The SMILES string of the molecule is NCCSCCC(=O)NC1CC1. The van der Waals surface area contributed by atoms with Crippen molar-refractivity contribution in [3.05, 3.63) is 0 Å². The fourth-order valence-electron chi connectivity index (χ4n) is 0.878. The normalized spacial score (nSPS) is 16.1. The highest BCUT2D eigenvalue weighted by atomic mass is 32.2. The summed E-state index contributed by atoms with van der Waals surface area (Å²) >= 11 is 1.74. The van der Waals surface area contributed by atoms with Crippen molar-refractivity contribution in [3.63, 3.8) is 0 Å². The van der Waals surface area contributed by atoms with Gasteiger partial charge >= 0.3 is 0 Å². The lowest BCUT2D eigenvalue weighted by atomic mass is 10.4. The van der Waals surface area contributed by atoms with Crippen LogP contribution < -0.4 is 11.1 Å². The molecule has 0 aliphatic heterocycles. The third-order valence-corrected chi connectivity index (χ3v) is 2.70. The van der Waals surface area contributed by atoms with Crippen molar-refractivity contribution in [3.8, 4) is 0 Å². The van der Waals surface area contributed by atoms with E-state index in [0.29, 0.717) is 19.0 Å². The fraction of sp³-hybridized carbons (Fsp3) is 0.875. The number of carbonyl (C=O) groups is 1. The topological polar surface area (TPSA) is 55.1 Å². The maximum Gasteiger partial charge on any atom is 0.221 e. The number of hydrogen-bond acceptors (Lipinski definition) is 3. The third kappa shape index (κ3) is 4.62. The van der Waals surface area contributed by atoms with E-state index in [9.17, 15) is 4.79 Å². The zero-order chi connectivity index (χ0) is 8.81. The van der Waals surface area contributed by atoms with E-state index < -0.39 is 0 Å². The quantitative estimate of drug-likeness (QED) is 0.591. The number of hydrogen-bond donors (Lipinski definition) is 2. The summed E-state index contributed by atoms with van der Waals surface area (Å²) in [7, 11) is 0. The summed E-state index contributed by atoms with van der Waals surface area (Å²) in [5.41, 5.74) is 5.31. The number of carbonyl (C=O) groups excluding carboxylic acids is 1. The summed E-state index contributed by atoms with van der Waals surface area (Å²) in [6.45, 7) is 0.703. The van der Waals surface area contributed by atoms with E-state index in [1.165, 1.54) is 12.8 Å². The Labute approximate surface area is 77.5 Å². The molecule has 1 amide bonds. The van der Waals surface area contributed by atoms with Gasteiger partial charge in [0, 0.05) is 30.5 Å². The minimum Gasteiger partial charge on any atom is -0.353 e. The lowest BCUT2D eigenvalue weighted by Crippen LogP contribution is -2.25. The van der Waals surface area contributed by atoms with Gasteiger partial charge < -0.3 is 11.1 Å². The van der Waals surface area contributed by atoms with Crippen molar-refractivity contribution < 1.29 is 4.79 Å². The molecule has 3 nitrogen and oxygen atoms in total. The summed E-state index contributed by atoms with van der Waals surface area (Å²) < 4.78 is 0. The Hall–Kier alpha value is -0.220. The van der Waals surface area contributed by atoms with Crippen molar-refractivity contribution in [1.82, 2.24) is 5.32 Å². The number of thioether (sulfide) groups is 1. The second-order valence-electron chi connectivity index (χ2n) is 2.99. The molecule has 12 heavy (non-hydrogen) atoms. The van der Waals surface area contributed by atoms with Crippen molar-refractivity contribution >= 4 is 17.7 Å². The van der Waals surface area contributed by atoms with E-state index in [4.69, 9.17) is 5.73 Å².